The number of amides is 1. The minimum atomic E-state index is -3.08. The fourth-order valence-electron chi connectivity index (χ4n) is 3.87. The van der Waals surface area contributed by atoms with E-state index in [0.29, 0.717) is 22.8 Å². The van der Waals surface area contributed by atoms with Crippen molar-refractivity contribution in [1.82, 2.24) is 15.1 Å². The van der Waals surface area contributed by atoms with Gasteiger partial charge in [0.1, 0.15) is 11.7 Å². The molecule has 0 aliphatic carbocycles. The Morgan fingerprint density at radius 3 is 2.80 bits per heavy atom. The van der Waals surface area contributed by atoms with Gasteiger partial charge in [0.2, 0.25) is 0 Å². The summed E-state index contributed by atoms with van der Waals surface area (Å²) in [5, 5.41) is 7.03. The predicted octanol–water partition coefficient (Wildman–Crippen LogP) is 3.70. The average Bonchev–Trinajstić information content (AvgIpc) is 3.24. The van der Waals surface area contributed by atoms with E-state index >= 15 is 0 Å². The van der Waals surface area contributed by atoms with Gasteiger partial charge in [0.05, 0.1) is 33.3 Å². The van der Waals surface area contributed by atoms with Crippen molar-refractivity contribution in [2.45, 2.75) is 32.7 Å². The van der Waals surface area contributed by atoms with Gasteiger partial charge >= 0.3 is 0 Å². The largest absolute Gasteiger partial charge is 0.300 e. The van der Waals surface area contributed by atoms with Crippen LogP contribution in [0.25, 0.3) is 6.08 Å². The zero-order chi connectivity index (χ0) is 21.7. The van der Waals surface area contributed by atoms with Gasteiger partial charge < -0.3 is 5.32 Å². The van der Waals surface area contributed by atoms with Crippen LogP contribution in [0.2, 0.25) is 0 Å². The van der Waals surface area contributed by atoms with Crippen LogP contribution in [-0.4, -0.2) is 40.8 Å². The Morgan fingerprint density at radius 2 is 2.13 bits per heavy atom. The maximum absolute atomic E-state index is 13.5. The molecule has 2 aliphatic heterocycles. The zero-order valence-electron chi connectivity index (χ0n) is 16.8. The molecule has 2 aromatic rings. The quantitative estimate of drug-likeness (QED) is 0.773. The standard InChI is InChI=1S/C20H21FN4O3S2/c1-12-16(13(2)25(24-12)20(3)7-8-30(27,28)11-20)10-17-18(23-19(26)29-17)22-15-6-4-5-14(21)9-15/h4-6,9-10H,7-8,11H2,1-3H3,(H,22,23,26). The summed E-state index contributed by atoms with van der Waals surface area (Å²) in [7, 11) is -3.08. The third-order valence-electron chi connectivity index (χ3n) is 5.32. The second-order valence-electron chi connectivity index (χ2n) is 7.80. The molecule has 0 spiro atoms. The van der Waals surface area contributed by atoms with Crippen LogP contribution in [0, 0.1) is 19.7 Å². The summed E-state index contributed by atoms with van der Waals surface area (Å²) in [5.41, 5.74) is 2.16. The minimum absolute atomic E-state index is 0.0546. The first kappa shape index (κ1) is 20.8. The number of benzene rings is 1. The maximum Gasteiger partial charge on any atom is 0.289 e. The molecule has 1 aromatic carbocycles. The van der Waals surface area contributed by atoms with Crippen LogP contribution in [0.1, 0.15) is 30.3 Å². The van der Waals surface area contributed by atoms with E-state index in [-0.39, 0.29) is 16.7 Å². The number of sulfone groups is 1. The Bertz CT molecular complexity index is 1220. The predicted molar refractivity (Wildman–Crippen MR) is 116 cm³/mol. The molecule has 2 aliphatic rings. The Kier molecular flexibility index (Phi) is 5.09. The van der Waals surface area contributed by atoms with Crippen LogP contribution in [0.3, 0.4) is 0 Å². The maximum atomic E-state index is 13.5. The number of aliphatic imine (C=N–C) groups is 1. The summed E-state index contributed by atoms with van der Waals surface area (Å²) in [4.78, 5) is 17.0. The lowest BCUT2D eigenvalue weighted by atomic mass is 10.0. The second kappa shape index (κ2) is 7.35. The van der Waals surface area contributed by atoms with E-state index in [2.05, 4.69) is 15.4 Å². The number of halogens is 1. The molecular weight excluding hydrogens is 427 g/mol. The smallest absolute Gasteiger partial charge is 0.289 e. The van der Waals surface area contributed by atoms with Crippen LogP contribution in [0.15, 0.2) is 34.2 Å². The van der Waals surface area contributed by atoms with Crippen molar-refractivity contribution in [2.75, 3.05) is 11.5 Å². The van der Waals surface area contributed by atoms with Crippen molar-refractivity contribution in [2.24, 2.45) is 4.99 Å². The van der Waals surface area contributed by atoms with Crippen molar-refractivity contribution in [3.8, 4) is 0 Å². The molecule has 1 unspecified atom stereocenters. The SMILES string of the molecule is Cc1nn(C2(C)CCS(=O)(=O)C2)c(C)c1C=C1SC(=O)NC1=Nc1cccc(F)c1. The molecule has 1 atom stereocenters. The number of aryl methyl sites for hydroxylation is 1. The number of aromatic nitrogens is 2. The van der Waals surface area contributed by atoms with E-state index < -0.39 is 21.2 Å². The molecule has 4 rings (SSSR count). The lowest BCUT2D eigenvalue weighted by Gasteiger charge is -2.24. The minimum Gasteiger partial charge on any atom is -0.300 e. The van der Waals surface area contributed by atoms with Crippen molar-refractivity contribution in [3.05, 3.63) is 51.9 Å². The van der Waals surface area contributed by atoms with E-state index in [0.717, 1.165) is 28.7 Å². The Labute approximate surface area is 178 Å². The molecule has 1 N–H and O–H groups in total. The van der Waals surface area contributed by atoms with Gasteiger partial charge in [0.15, 0.2) is 9.84 Å². The van der Waals surface area contributed by atoms with Gasteiger partial charge in [0, 0.05) is 11.3 Å². The van der Waals surface area contributed by atoms with Crippen LogP contribution in [0.5, 0.6) is 0 Å². The third kappa shape index (κ3) is 3.93. The number of thioether (sulfide) groups is 1. The van der Waals surface area contributed by atoms with Gasteiger partial charge in [-0.05, 0) is 63.2 Å². The van der Waals surface area contributed by atoms with Crippen molar-refractivity contribution < 1.29 is 17.6 Å². The summed E-state index contributed by atoms with van der Waals surface area (Å²) in [6.45, 7) is 5.64. The molecule has 2 fully saturated rings. The fraction of sp³-hybridized carbons (Fsp3) is 0.350. The summed E-state index contributed by atoms with van der Waals surface area (Å²) >= 11 is 1.00. The number of nitrogens with zero attached hydrogens (tertiary/aromatic N) is 3. The molecule has 1 amide bonds. The summed E-state index contributed by atoms with van der Waals surface area (Å²) in [6.07, 6.45) is 2.33. The number of carbonyl (C=O) groups excluding carboxylic acids is 1. The normalized spacial score (nSPS) is 25.9. The van der Waals surface area contributed by atoms with Gasteiger partial charge in [-0.3, -0.25) is 9.48 Å². The van der Waals surface area contributed by atoms with E-state index in [1.807, 2.05) is 26.8 Å². The molecule has 30 heavy (non-hydrogen) atoms. The number of nitrogens with one attached hydrogen (secondary N) is 1. The topological polar surface area (TPSA) is 93.4 Å². The zero-order valence-corrected chi connectivity index (χ0v) is 18.4. The molecule has 3 heterocycles. The Balaban J connectivity index is 1.74. The number of hydrogen-bond acceptors (Lipinski definition) is 6. The fourth-order valence-corrected chi connectivity index (χ4v) is 6.70. The highest BCUT2D eigenvalue weighted by molar-refractivity contribution is 8.18. The molecular formula is C20H21FN4O3S2. The lowest BCUT2D eigenvalue weighted by Crippen LogP contribution is -2.33. The highest BCUT2D eigenvalue weighted by Crippen LogP contribution is 2.35. The molecule has 0 saturated carbocycles. The Hall–Kier alpha value is -2.46. The van der Waals surface area contributed by atoms with Gasteiger partial charge in [-0.2, -0.15) is 5.10 Å². The van der Waals surface area contributed by atoms with Crippen molar-refractivity contribution in [3.63, 3.8) is 0 Å². The van der Waals surface area contributed by atoms with Gasteiger partial charge in [-0.1, -0.05) is 6.07 Å². The van der Waals surface area contributed by atoms with E-state index in [1.165, 1.54) is 12.1 Å². The highest BCUT2D eigenvalue weighted by atomic mass is 32.2. The first-order valence-corrected chi connectivity index (χ1v) is 12.0. The number of carbonyl (C=O) groups is 1. The second-order valence-corrected chi connectivity index (χ2v) is 11.0. The van der Waals surface area contributed by atoms with Crippen LogP contribution in [-0.2, 0) is 15.4 Å². The molecule has 0 bridgehead atoms. The summed E-state index contributed by atoms with van der Waals surface area (Å²) in [5.74, 6) is 0.139. The molecule has 10 heteroatoms. The first-order valence-electron chi connectivity index (χ1n) is 9.39. The molecule has 158 valence electrons. The van der Waals surface area contributed by atoms with E-state index in [9.17, 15) is 17.6 Å². The lowest BCUT2D eigenvalue weighted by molar-refractivity contribution is 0.265. The molecule has 0 radical (unpaired) electrons. The van der Waals surface area contributed by atoms with E-state index in [1.54, 1.807) is 16.8 Å². The number of amidine groups is 1. The number of hydrogen-bond donors (Lipinski definition) is 1. The number of rotatable bonds is 3. The molecule has 1 aromatic heterocycles. The van der Waals surface area contributed by atoms with E-state index in [4.69, 9.17) is 0 Å². The molecule has 7 nitrogen and oxygen atoms in total. The van der Waals surface area contributed by atoms with Crippen LogP contribution >= 0.6 is 11.8 Å². The summed E-state index contributed by atoms with van der Waals surface area (Å²) < 4.78 is 39.3. The average molecular weight is 449 g/mol. The Morgan fingerprint density at radius 1 is 1.37 bits per heavy atom. The highest BCUT2D eigenvalue weighted by Gasteiger charge is 2.41. The van der Waals surface area contributed by atoms with Gasteiger partial charge in [-0.25, -0.2) is 17.8 Å². The summed E-state index contributed by atoms with van der Waals surface area (Å²) in [6, 6.07) is 5.82. The van der Waals surface area contributed by atoms with Crippen molar-refractivity contribution in [1.29, 1.82) is 0 Å². The van der Waals surface area contributed by atoms with Gasteiger partial charge in [0.25, 0.3) is 5.24 Å². The third-order valence-corrected chi connectivity index (χ3v) is 8.03. The first-order chi connectivity index (χ1) is 14.1. The molecule has 2 saturated heterocycles. The van der Waals surface area contributed by atoms with Crippen LogP contribution in [0.4, 0.5) is 14.9 Å². The van der Waals surface area contributed by atoms with Crippen LogP contribution < -0.4 is 5.32 Å². The van der Waals surface area contributed by atoms with Gasteiger partial charge in [-0.15, -0.1) is 0 Å². The van der Waals surface area contributed by atoms with Crippen molar-refractivity contribution >= 4 is 44.4 Å². The monoisotopic (exact) mass is 448 g/mol.